The molecular formula is C27H28ClN3O4S. The van der Waals surface area contributed by atoms with E-state index in [-0.39, 0.29) is 10.8 Å². The number of sulfonamides is 1. The van der Waals surface area contributed by atoms with Crippen molar-refractivity contribution < 1.29 is 17.9 Å². The van der Waals surface area contributed by atoms with Crippen molar-refractivity contribution in [3.63, 3.8) is 0 Å². The Kier molecular flexibility index (Phi) is 6.92. The first-order chi connectivity index (χ1) is 17.4. The number of carbonyl (C=O) groups is 1. The summed E-state index contributed by atoms with van der Waals surface area (Å²) in [5.74, 6) is 0.679. The van der Waals surface area contributed by atoms with E-state index in [0.717, 1.165) is 35.5 Å². The average molecular weight is 526 g/mol. The van der Waals surface area contributed by atoms with Gasteiger partial charge in [-0.3, -0.25) is 4.79 Å². The summed E-state index contributed by atoms with van der Waals surface area (Å²) in [6, 6.07) is 19.7. The number of nitrogens with zero attached hydrogens (tertiary/aromatic N) is 3. The summed E-state index contributed by atoms with van der Waals surface area (Å²) in [7, 11) is -2.00. The van der Waals surface area contributed by atoms with Gasteiger partial charge in [0.1, 0.15) is 5.75 Å². The summed E-state index contributed by atoms with van der Waals surface area (Å²) in [6.07, 6.45) is 1.50. The monoisotopic (exact) mass is 525 g/mol. The number of amides is 1. The van der Waals surface area contributed by atoms with Crippen molar-refractivity contribution in [1.82, 2.24) is 4.31 Å². The Hall–Kier alpha value is -3.07. The topological polar surface area (TPSA) is 70.2 Å². The van der Waals surface area contributed by atoms with Gasteiger partial charge in [-0.05, 0) is 85.1 Å². The van der Waals surface area contributed by atoms with Crippen LogP contribution < -0.4 is 14.5 Å². The highest BCUT2D eigenvalue weighted by Gasteiger charge is 2.31. The van der Waals surface area contributed by atoms with Crippen molar-refractivity contribution >= 4 is 38.9 Å². The summed E-state index contributed by atoms with van der Waals surface area (Å²) in [5, 5.41) is 0.574. The van der Waals surface area contributed by atoms with E-state index in [1.54, 1.807) is 58.8 Å². The average Bonchev–Trinajstić information content (AvgIpc) is 2.92. The van der Waals surface area contributed by atoms with Crippen LogP contribution in [0.1, 0.15) is 22.3 Å². The number of halogens is 1. The van der Waals surface area contributed by atoms with E-state index in [4.69, 9.17) is 16.3 Å². The van der Waals surface area contributed by atoms with E-state index in [1.165, 1.54) is 0 Å². The van der Waals surface area contributed by atoms with Crippen molar-refractivity contribution in [3.8, 4) is 5.75 Å². The summed E-state index contributed by atoms with van der Waals surface area (Å²) < 4.78 is 33.7. The molecule has 3 aromatic rings. The summed E-state index contributed by atoms with van der Waals surface area (Å²) in [5.41, 5.74) is 3.25. The van der Waals surface area contributed by atoms with Gasteiger partial charge in [-0.2, -0.15) is 4.31 Å². The number of hydrogen-bond acceptors (Lipinski definition) is 5. The molecule has 2 heterocycles. The third-order valence-corrected chi connectivity index (χ3v) is 8.97. The van der Waals surface area contributed by atoms with Gasteiger partial charge in [0, 0.05) is 54.7 Å². The number of ether oxygens (including phenoxy) is 1. The second-order valence-corrected chi connectivity index (χ2v) is 11.3. The molecule has 1 amide bonds. The number of anilines is 2. The standard InChI is InChI=1S/C27H28ClN3O4S/c1-35-24-10-8-23(9-11-24)29-15-17-30(18-16-29)36(33,34)25-12-13-26-21(19-25)3-2-14-31(26)27(32)20-4-6-22(28)7-5-20/h4-13,19H,2-3,14-18H2,1H3. The molecule has 1 saturated heterocycles. The molecule has 2 aliphatic rings. The minimum atomic E-state index is -3.64. The van der Waals surface area contributed by atoms with Crippen LogP contribution >= 0.6 is 11.6 Å². The zero-order valence-corrected chi connectivity index (χ0v) is 21.6. The van der Waals surface area contributed by atoms with E-state index in [0.29, 0.717) is 43.3 Å². The Bertz CT molecular complexity index is 1350. The fraction of sp³-hybridized carbons (Fsp3) is 0.296. The number of methoxy groups -OCH3 is 1. The van der Waals surface area contributed by atoms with Crippen LogP contribution in [0.3, 0.4) is 0 Å². The quantitative estimate of drug-likeness (QED) is 0.492. The molecule has 9 heteroatoms. The molecule has 5 rings (SSSR count). The number of piperazine rings is 1. The Morgan fingerprint density at radius 2 is 1.58 bits per heavy atom. The van der Waals surface area contributed by atoms with Crippen LogP contribution in [0.15, 0.2) is 71.6 Å². The molecule has 0 spiro atoms. The van der Waals surface area contributed by atoms with Crippen LogP contribution in [0.5, 0.6) is 5.75 Å². The SMILES string of the molecule is COc1ccc(N2CCN(S(=O)(=O)c3ccc4c(c3)CCCN4C(=O)c3ccc(Cl)cc3)CC2)cc1. The van der Waals surface area contributed by atoms with Gasteiger partial charge in [-0.1, -0.05) is 11.6 Å². The third kappa shape index (κ3) is 4.81. The van der Waals surface area contributed by atoms with Crippen molar-refractivity contribution in [1.29, 1.82) is 0 Å². The van der Waals surface area contributed by atoms with E-state index < -0.39 is 10.0 Å². The van der Waals surface area contributed by atoms with Crippen LogP contribution in [0.25, 0.3) is 0 Å². The van der Waals surface area contributed by atoms with Crippen LogP contribution in [-0.2, 0) is 16.4 Å². The minimum absolute atomic E-state index is 0.113. The second kappa shape index (κ2) is 10.1. The zero-order valence-electron chi connectivity index (χ0n) is 20.1. The highest BCUT2D eigenvalue weighted by Crippen LogP contribution is 2.32. The molecule has 0 aliphatic carbocycles. The van der Waals surface area contributed by atoms with Gasteiger partial charge in [0.15, 0.2) is 0 Å². The number of fused-ring (bicyclic) bond motifs is 1. The second-order valence-electron chi connectivity index (χ2n) is 8.95. The molecule has 2 aliphatic heterocycles. The lowest BCUT2D eigenvalue weighted by atomic mass is 10.0. The highest BCUT2D eigenvalue weighted by molar-refractivity contribution is 7.89. The van der Waals surface area contributed by atoms with Crippen molar-refractivity contribution in [2.24, 2.45) is 0 Å². The smallest absolute Gasteiger partial charge is 0.258 e. The van der Waals surface area contributed by atoms with Gasteiger partial charge in [0.05, 0.1) is 12.0 Å². The molecule has 0 radical (unpaired) electrons. The number of hydrogen-bond donors (Lipinski definition) is 0. The lowest BCUT2D eigenvalue weighted by Crippen LogP contribution is -2.48. The first-order valence-electron chi connectivity index (χ1n) is 12.0. The zero-order chi connectivity index (χ0) is 25.3. The predicted molar refractivity (Wildman–Crippen MR) is 142 cm³/mol. The maximum Gasteiger partial charge on any atom is 0.258 e. The lowest BCUT2D eigenvalue weighted by Gasteiger charge is -2.35. The molecule has 3 aromatic carbocycles. The Morgan fingerprint density at radius 3 is 2.25 bits per heavy atom. The highest BCUT2D eigenvalue weighted by atomic mass is 35.5. The normalized spacial score (nSPS) is 16.5. The summed E-state index contributed by atoms with van der Waals surface area (Å²) in [4.78, 5) is 17.3. The number of benzene rings is 3. The maximum atomic E-state index is 13.5. The van der Waals surface area contributed by atoms with Gasteiger partial charge in [-0.15, -0.1) is 0 Å². The fourth-order valence-corrected chi connectivity index (χ4v) is 6.42. The van der Waals surface area contributed by atoms with Gasteiger partial charge >= 0.3 is 0 Å². The fourth-order valence-electron chi connectivity index (χ4n) is 4.82. The maximum absolute atomic E-state index is 13.5. The van der Waals surface area contributed by atoms with Crippen LogP contribution in [0.4, 0.5) is 11.4 Å². The van der Waals surface area contributed by atoms with Gasteiger partial charge in [0.2, 0.25) is 10.0 Å². The Labute approximate surface area is 216 Å². The Balaban J connectivity index is 1.31. The molecule has 36 heavy (non-hydrogen) atoms. The molecule has 0 bridgehead atoms. The van der Waals surface area contributed by atoms with E-state index in [9.17, 15) is 13.2 Å². The van der Waals surface area contributed by atoms with Gasteiger partial charge in [-0.25, -0.2) is 8.42 Å². The first-order valence-corrected chi connectivity index (χ1v) is 13.8. The van der Waals surface area contributed by atoms with Crippen molar-refractivity contribution in [2.75, 3.05) is 49.6 Å². The number of rotatable bonds is 5. The largest absolute Gasteiger partial charge is 0.497 e. The molecule has 7 nitrogen and oxygen atoms in total. The number of carbonyl (C=O) groups excluding carboxylic acids is 1. The van der Waals surface area contributed by atoms with Crippen LogP contribution in [0.2, 0.25) is 5.02 Å². The van der Waals surface area contributed by atoms with Crippen LogP contribution in [-0.4, -0.2) is 58.5 Å². The molecule has 0 atom stereocenters. The van der Waals surface area contributed by atoms with Crippen LogP contribution in [0, 0.1) is 0 Å². The minimum Gasteiger partial charge on any atom is -0.497 e. The van der Waals surface area contributed by atoms with Gasteiger partial charge < -0.3 is 14.5 Å². The predicted octanol–water partition coefficient (Wildman–Crippen LogP) is 4.45. The molecular weight excluding hydrogens is 498 g/mol. The number of aryl methyl sites for hydroxylation is 1. The first kappa shape index (κ1) is 24.6. The summed E-state index contributed by atoms with van der Waals surface area (Å²) >= 11 is 5.96. The van der Waals surface area contributed by atoms with E-state index in [2.05, 4.69) is 4.90 Å². The van der Waals surface area contributed by atoms with Crippen molar-refractivity contribution in [2.45, 2.75) is 17.7 Å². The lowest BCUT2D eigenvalue weighted by molar-refractivity contribution is 0.0985. The molecule has 1 fully saturated rings. The Morgan fingerprint density at radius 1 is 0.889 bits per heavy atom. The summed E-state index contributed by atoms with van der Waals surface area (Å²) in [6.45, 7) is 2.63. The van der Waals surface area contributed by atoms with Crippen molar-refractivity contribution in [3.05, 3.63) is 82.9 Å². The molecule has 0 saturated carbocycles. The van der Waals surface area contributed by atoms with Gasteiger partial charge in [0.25, 0.3) is 5.91 Å². The molecule has 0 unspecified atom stereocenters. The molecule has 0 aromatic heterocycles. The molecule has 0 N–H and O–H groups in total. The van der Waals surface area contributed by atoms with E-state index >= 15 is 0 Å². The molecule has 188 valence electrons. The van der Waals surface area contributed by atoms with E-state index in [1.807, 2.05) is 24.3 Å². The third-order valence-electron chi connectivity index (χ3n) is 6.82.